The fraction of sp³-hybridized carbons (Fsp3) is 0.625. The van der Waals surface area contributed by atoms with E-state index in [4.69, 9.17) is 9.47 Å². The summed E-state index contributed by atoms with van der Waals surface area (Å²) in [5, 5.41) is 9.75. The Bertz CT molecular complexity index is 889. The summed E-state index contributed by atoms with van der Waals surface area (Å²) in [7, 11) is 3.37. The molecule has 0 unspecified atom stereocenters. The molecule has 2 heterocycles. The van der Waals surface area contributed by atoms with Gasteiger partial charge in [-0.05, 0) is 25.8 Å². The van der Waals surface area contributed by atoms with Crippen LogP contribution in [0.5, 0.6) is 5.88 Å². The first kappa shape index (κ1) is 24.0. The van der Waals surface area contributed by atoms with E-state index in [2.05, 4.69) is 16.8 Å². The third kappa shape index (κ3) is 5.40. The Morgan fingerprint density at radius 1 is 1.47 bits per heavy atom. The van der Waals surface area contributed by atoms with Gasteiger partial charge in [-0.15, -0.1) is 0 Å². The van der Waals surface area contributed by atoms with Crippen molar-refractivity contribution in [3.8, 4) is 17.7 Å². The third-order valence-corrected chi connectivity index (χ3v) is 6.25. The topological polar surface area (TPSA) is 92.2 Å². The van der Waals surface area contributed by atoms with Gasteiger partial charge in [0.2, 0.25) is 11.8 Å². The fourth-order valence-electron chi connectivity index (χ4n) is 3.93. The second-order valence-corrected chi connectivity index (χ2v) is 8.78. The lowest BCUT2D eigenvalue weighted by Gasteiger charge is -2.38. The van der Waals surface area contributed by atoms with Gasteiger partial charge in [0.1, 0.15) is 18.3 Å². The first-order chi connectivity index (χ1) is 15.3. The third-order valence-electron chi connectivity index (χ3n) is 6.25. The van der Waals surface area contributed by atoms with Gasteiger partial charge >= 0.3 is 0 Å². The van der Waals surface area contributed by atoms with E-state index in [1.807, 2.05) is 13.8 Å². The number of hydrogen-bond acceptors (Lipinski definition) is 6. The summed E-state index contributed by atoms with van der Waals surface area (Å²) in [6.07, 6.45) is 4.21. The fourth-order valence-corrected chi connectivity index (χ4v) is 3.93. The van der Waals surface area contributed by atoms with Gasteiger partial charge in [-0.2, -0.15) is 0 Å². The van der Waals surface area contributed by atoms with E-state index in [0.29, 0.717) is 24.2 Å². The van der Waals surface area contributed by atoms with Crippen LogP contribution in [-0.4, -0.2) is 84.3 Å². The summed E-state index contributed by atoms with van der Waals surface area (Å²) < 4.78 is 11.2. The number of aromatic nitrogens is 1. The number of rotatable bonds is 6. The lowest BCUT2D eigenvalue weighted by molar-refractivity contribution is -0.138. The molecule has 1 aromatic rings. The number of carbonyl (C=O) groups excluding carboxylic acids is 2. The molecule has 1 aliphatic carbocycles. The minimum atomic E-state index is -0.367. The largest absolute Gasteiger partial charge is 0.472 e. The van der Waals surface area contributed by atoms with Crippen molar-refractivity contribution < 1.29 is 24.2 Å². The predicted octanol–water partition coefficient (Wildman–Crippen LogP) is 1.56. The van der Waals surface area contributed by atoms with E-state index in [9.17, 15) is 14.7 Å². The molecule has 3 atom stereocenters. The summed E-state index contributed by atoms with van der Waals surface area (Å²) in [4.78, 5) is 33.8. The maximum atomic E-state index is 13.3. The molecule has 2 amide bonds. The number of hydrogen-bond donors (Lipinski definition) is 1. The molecule has 1 aliphatic heterocycles. The van der Waals surface area contributed by atoms with Gasteiger partial charge in [-0.3, -0.25) is 9.59 Å². The zero-order valence-corrected chi connectivity index (χ0v) is 19.3. The van der Waals surface area contributed by atoms with E-state index in [1.54, 1.807) is 36.2 Å². The minimum absolute atomic E-state index is 0.0688. The Balaban J connectivity index is 1.91. The highest BCUT2D eigenvalue weighted by Crippen LogP contribution is 2.30. The Hall–Kier alpha value is -2.63. The molecular weight excluding hydrogens is 410 g/mol. The maximum absolute atomic E-state index is 13.3. The monoisotopic (exact) mass is 443 g/mol. The van der Waals surface area contributed by atoms with Crippen molar-refractivity contribution in [1.29, 1.82) is 0 Å². The minimum Gasteiger partial charge on any atom is -0.472 e. The molecule has 1 N–H and O–H groups in total. The number of amides is 2. The molecule has 0 saturated heterocycles. The van der Waals surface area contributed by atoms with E-state index in [0.717, 1.165) is 19.3 Å². The number of likely N-dealkylation sites (N-methyl/N-ethyl adjacent to an activating group) is 1. The van der Waals surface area contributed by atoms with Crippen LogP contribution in [0.15, 0.2) is 12.3 Å². The Morgan fingerprint density at radius 3 is 2.84 bits per heavy atom. The SMILES string of the molecule is COCC#Cc1cnc2c(c1)C(=O)N([C@@H](C)CO)C[C@H](C)[C@H](CN(C)C(=O)C1CCC1)O2. The van der Waals surface area contributed by atoms with Crippen molar-refractivity contribution in [2.75, 3.05) is 40.5 Å². The molecule has 174 valence electrons. The van der Waals surface area contributed by atoms with Gasteiger partial charge in [-0.1, -0.05) is 25.2 Å². The molecule has 0 radical (unpaired) electrons. The van der Waals surface area contributed by atoms with Gasteiger partial charge in [0.05, 0.1) is 19.2 Å². The molecule has 32 heavy (non-hydrogen) atoms. The van der Waals surface area contributed by atoms with E-state index >= 15 is 0 Å². The van der Waals surface area contributed by atoms with Crippen LogP contribution in [0.2, 0.25) is 0 Å². The Morgan fingerprint density at radius 2 is 2.22 bits per heavy atom. The summed E-state index contributed by atoms with van der Waals surface area (Å²) >= 11 is 0. The van der Waals surface area contributed by atoms with Crippen molar-refractivity contribution in [3.05, 3.63) is 23.4 Å². The van der Waals surface area contributed by atoms with Crippen LogP contribution in [0, 0.1) is 23.7 Å². The molecule has 0 aromatic carbocycles. The summed E-state index contributed by atoms with van der Waals surface area (Å²) in [6, 6.07) is 1.30. The average molecular weight is 444 g/mol. The smallest absolute Gasteiger partial charge is 0.259 e. The summed E-state index contributed by atoms with van der Waals surface area (Å²) in [6.45, 7) is 4.73. The van der Waals surface area contributed by atoms with Crippen LogP contribution in [0.1, 0.15) is 49.0 Å². The highest BCUT2D eigenvalue weighted by Gasteiger charge is 2.36. The second kappa shape index (κ2) is 10.8. The molecular formula is C24H33N3O5. The number of ether oxygens (including phenoxy) is 2. The summed E-state index contributed by atoms with van der Waals surface area (Å²) in [5.41, 5.74) is 0.885. The Kier molecular flexibility index (Phi) is 8.10. The summed E-state index contributed by atoms with van der Waals surface area (Å²) in [5.74, 6) is 5.95. The normalized spacial score (nSPS) is 21.8. The number of pyridine rings is 1. The number of methoxy groups -OCH3 is 1. The Labute approximate surface area is 189 Å². The van der Waals surface area contributed by atoms with Crippen LogP contribution in [0.3, 0.4) is 0 Å². The van der Waals surface area contributed by atoms with Crippen molar-refractivity contribution in [2.24, 2.45) is 11.8 Å². The highest BCUT2D eigenvalue weighted by molar-refractivity contribution is 5.97. The van der Waals surface area contributed by atoms with Gasteiger partial charge in [0.25, 0.3) is 5.91 Å². The molecule has 8 heteroatoms. The second-order valence-electron chi connectivity index (χ2n) is 8.78. The van der Waals surface area contributed by atoms with Crippen LogP contribution in [0.25, 0.3) is 0 Å². The van der Waals surface area contributed by atoms with Crippen molar-refractivity contribution in [3.63, 3.8) is 0 Å². The van der Waals surface area contributed by atoms with Crippen molar-refractivity contribution in [1.82, 2.24) is 14.8 Å². The van der Waals surface area contributed by atoms with Crippen LogP contribution in [0.4, 0.5) is 0 Å². The van der Waals surface area contributed by atoms with E-state index < -0.39 is 0 Å². The van der Waals surface area contributed by atoms with E-state index in [1.165, 1.54) is 0 Å². The highest BCUT2D eigenvalue weighted by atomic mass is 16.5. The molecule has 8 nitrogen and oxygen atoms in total. The van der Waals surface area contributed by atoms with Crippen molar-refractivity contribution in [2.45, 2.75) is 45.3 Å². The zero-order valence-electron chi connectivity index (χ0n) is 19.3. The number of aliphatic hydroxyl groups is 1. The molecule has 1 fully saturated rings. The molecule has 1 saturated carbocycles. The number of aliphatic hydroxyl groups excluding tert-OH is 1. The van der Waals surface area contributed by atoms with Gasteiger partial charge in [0.15, 0.2) is 0 Å². The predicted molar refractivity (Wildman–Crippen MR) is 119 cm³/mol. The van der Waals surface area contributed by atoms with Gasteiger partial charge in [0, 0.05) is 44.3 Å². The van der Waals surface area contributed by atoms with Gasteiger partial charge < -0.3 is 24.4 Å². The number of nitrogens with zero attached hydrogens (tertiary/aromatic N) is 3. The quantitative estimate of drug-likeness (QED) is 0.671. The molecule has 0 bridgehead atoms. The lowest BCUT2D eigenvalue weighted by atomic mass is 9.84. The first-order valence-corrected chi connectivity index (χ1v) is 11.2. The average Bonchev–Trinajstić information content (AvgIpc) is 2.74. The maximum Gasteiger partial charge on any atom is 0.259 e. The van der Waals surface area contributed by atoms with Crippen molar-refractivity contribution >= 4 is 11.8 Å². The standard InChI is InChI=1S/C24H33N3O5/c1-16-13-27(17(2)15-28)24(30)20-11-18(7-6-10-31-4)12-25-22(20)32-21(16)14-26(3)23(29)19-8-5-9-19/h11-12,16-17,19,21,28H,5,8-10,13-15H2,1-4H3/t16-,17-,21-/m0/s1. The molecule has 1 aromatic heterocycles. The molecule has 3 rings (SSSR count). The first-order valence-electron chi connectivity index (χ1n) is 11.2. The zero-order chi connectivity index (χ0) is 23.3. The number of carbonyl (C=O) groups is 2. The van der Waals surface area contributed by atoms with Crippen LogP contribution in [-0.2, 0) is 9.53 Å². The van der Waals surface area contributed by atoms with E-state index in [-0.39, 0.29) is 54.9 Å². The van der Waals surface area contributed by atoms with Crippen LogP contribution < -0.4 is 4.74 Å². The lowest BCUT2D eigenvalue weighted by Crippen LogP contribution is -2.51. The van der Waals surface area contributed by atoms with Crippen LogP contribution >= 0.6 is 0 Å². The molecule has 2 aliphatic rings. The number of fused-ring (bicyclic) bond motifs is 1. The molecule has 0 spiro atoms. The van der Waals surface area contributed by atoms with Gasteiger partial charge in [-0.25, -0.2) is 4.98 Å².